The van der Waals surface area contributed by atoms with Gasteiger partial charge in [0, 0.05) is 6.26 Å². The smallest absolute Gasteiger partial charge is 0.147 e. The molecule has 0 saturated heterocycles. The summed E-state index contributed by atoms with van der Waals surface area (Å²) in [6.07, 6.45) is 5.58. The minimum atomic E-state index is -2.75. The Kier molecular flexibility index (Phi) is 3.54. The highest BCUT2D eigenvalue weighted by atomic mass is 32.2. The zero-order valence-electron chi connectivity index (χ0n) is 5.79. The van der Waals surface area contributed by atoms with E-state index in [-0.39, 0.29) is 5.75 Å². The molecule has 3 heteroatoms. The molecule has 0 heterocycles. The van der Waals surface area contributed by atoms with E-state index in [4.69, 9.17) is 0 Å². The van der Waals surface area contributed by atoms with Crippen LogP contribution in [-0.4, -0.2) is 20.4 Å². The first-order chi connectivity index (χ1) is 4.06. The predicted molar refractivity (Wildman–Crippen MR) is 39.1 cm³/mol. The summed E-state index contributed by atoms with van der Waals surface area (Å²) in [5.74, 6) is 0.261. The molecule has 0 aromatic heterocycles. The van der Waals surface area contributed by atoms with Crippen LogP contribution in [0.1, 0.15) is 13.3 Å². The molecule has 0 aromatic rings. The van der Waals surface area contributed by atoms with Crippen LogP contribution in [0.5, 0.6) is 0 Å². The molecule has 0 saturated carbocycles. The topological polar surface area (TPSA) is 34.1 Å². The van der Waals surface area contributed by atoms with Crippen LogP contribution in [0, 0.1) is 0 Å². The third-order valence-corrected chi connectivity index (χ3v) is 1.87. The van der Waals surface area contributed by atoms with Gasteiger partial charge in [-0.1, -0.05) is 12.2 Å². The van der Waals surface area contributed by atoms with Gasteiger partial charge in [-0.2, -0.15) is 0 Å². The second kappa shape index (κ2) is 3.67. The highest BCUT2D eigenvalue weighted by Crippen LogP contribution is 1.89. The molecular weight excluding hydrogens is 136 g/mol. The van der Waals surface area contributed by atoms with Gasteiger partial charge < -0.3 is 0 Å². The van der Waals surface area contributed by atoms with E-state index in [0.29, 0.717) is 6.42 Å². The van der Waals surface area contributed by atoms with E-state index >= 15 is 0 Å². The lowest BCUT2D eigenvalue weighted by Crippen LogP contribution is -2.00. The number of allylic oxidation sites excluding steroid dienone is 2. The summed E-state index contributed by atoms with van der Waals surface area (Å²) in [6, 6.07) is 0. The quantitative estimate of drug-likeness (QED) is 0.559. The number of hydrogen-bond donors (Lipinski definition) is 0. The fourth-order valence-corrected chi connectivity index (χ4v) is 1.01. The lowest BCUT2D eigenvalue weighted by atomic mass is 10.4. The van der Waals surface area contributed by atoms with Crippen LogP contribution in [0.4, 0.5) is 0 Å². The normalized spacial score (nSPS) is 12.7. The number of rotatable bonds is 3. The van der Waals surface area contributed by atoms with E-state index in [1.807, 2.05) is 19.1 Å². The van der Waals surface area contributed by atoms with Crippen molar-refractivity contribution in [3.05, 3.63) is 12.2 Å². The van der Waals surface area contributed by atoms with E-state index in [9.17, 15) is 8.42 Å². The molecule has 54 valence electrons. The van der Waals surface area contributed by atoms with Crippen molar-refractivity contribution in [1.82, 2.24) is 0 Å². The van der Waals surface area contributed by atoms with Gasteiger partial charge in [0.05, 0.1) is 5.75 Å². The summed E-state index contributed by atoms with van der Waals surface area (Å²) >= 11 is 0. The van der Waals surface area contributed by atoms with E-state index in [2.05, 4.69) is 0 Å². The zero-order valence-corrected chi connectivity index (χ0v) is 6.61. The molecule has 2 nitrogen and oxygen atoms in total. The highest BCUT2D eigenvalue weighted by Gasteiger charge is 1.96. The van der Waals surface area contributed by atoms with Crippen LogP contribution < -0.4 is 0 Å². The van der Waals surface area contributed by atoms with E-state index in [1.54, 1.807) is 0 Å². The van der Waals surface area contributed by atoms with Crippen LogP contribution in [0.15, 0.2) is 12.2 Å². The van der Waals surface area contributed by atoms with Crippen LogP contribution in [0.25, 0.3) is 0 Å². The van der Waals surface area contributed by atoms with Gasteiger partial charge in [-0.3, -0.25) is 0 Å². The summed E-state index contributed by atoms with van der Waals surface area (Å²) < 4.78 is 20.9. The lowest BCUT2D eigenvalue weighted by molar-refractivity contribution is 0.601. The summed E-state index contributed by atoms with van der Waals surface area (Å²) in [6.45, 7) is 1.88. The van der Waals surface area contributed by atoms with Gasteiger partial charge in [-0.05, 0) is 13.3 Å². The van der Waals surface area contributed by atoms with E-state index in [1.165, 1.54) is 6.26 Å². The average Bonchev–Trinajstić information content (AvgIpc) is 1.63. The minimum absolute atomic E-state index is 0.261. The predicted octanol–water partition coefficient (Wildman–Crippen LogP) is 0.997. The molecule has 0 fully saturated rings. The Bertz CT molecular complexity index is 177. The lowest BCUT2D eigenvalue weighted by Gasteiger charge is -1.89. The van der Waals surface area contributed by atoms with Crippen molar-refractivity contribution < 1.29 is 8.42 Å². The van der Waals surface area contributed by atoms with Gasteiger partial charge in [-0.15, -0.1) is 0 Å². The molecule has 0 aliphatic carbocycles. The number of hydrogen-bond acceptors (Lipinski definition) is 2. The van der Waals surface area contributed by atoms with Crippen molar-refractivity contribution in [2.75, 3.05) is 12.0 Å². The van der Waals surface area contributed by atoms with Gasteiger partial charge in [0.25, 0.3) is 0 Å². The molecule has 0 bridgehead atoms. The molecule has 0 aliphatic rings. The van der Waals surface area contributed by atoms with Crippen molar-refractivity contribution in [3.8, 4) is 0 Å². The largest absolute Gasteiger partial charge is 0.229 e. The van der Waals surface area contributed by atoms with Crippen molar-refractivity contribution in [2.24, 2.45) is 0 Å². The third-order valence-electron chi connectivity index (χ3n) is 0.891. The average molecular weight is 148 g/mol. The second-order valence-corrected chi connectivity index (χ2v) is 4.25. The highest BCUT2D eigenvalue weighted by molar-refractivity contribution is 7.90. The molecule has 0 N–H and O–H groups in total. The Labute approximate surface area is 56.5 Å². The Morgan fingerprint density at radius 3 is 2.33 bits per heavy atom. The minimum Gasteiger partial charge on any atom is -0.229 e. The van der Waals surface area contributed by atoms with Gasteiger partial charge >= 0.3 is 0 Å². The van der Waals surface area contributed by atoms with Crippen molar-refractivity contribution >= 4 is 9.84 Å². The van der Waals surface area contributed by atoms with E-state index < -0.39 is 9.84 Å². The van der Waals surface area contributed by atoms with Crippen LogP contribution in [0.3, 0.4) is 0 Å². The molecule has 0 aliphatic heterocycles. The second-order valence-electron chi connectivity index (χ2n) is 1.99. The first-order valence-electron chi connectivity index (χ1n) is 2.85. The molecule has 9 heavy (non-hydrogen) atoms. The van der Waals surface area contributed by atoms with Crippen LogP contribution >= 0.6 is 0 Å². The molecule has 0 unspecified atom stereocenters. The Hall–Kier alpha value is -0.310. The maximum atomic E-state index is 10.5. The van der Waals surface area contributed by atoms with Gasteiger partial charge in [0.2, 0.25) is 0 Å². The summed E-state index contributed by atoms with van der Waals surface area (Å²) in [5, 5.41) is 0. The van der Waals surface area contributed by atoms with Crippen LogP contribution in [-0.2, 0) is 9.84 Å². The summed E-state index contributed by atoms with van der Waals surface area (Å²) in [5.41, 5.74) is 0. The fourth-order valence-electron chi connectivity index (χ4n) is 0.449. The SMILES string of the molecule is CC=CCCS(C)(=O)=O. The Balaban J connectivity index is 3.53. The fraction of sp³-hybridized carbons (Fsp3) is 0.667. The molecule has 0 atom stereocenters. The molecule has 0 rings (SSSR count). The molecular formula is C6H12O2S. The molecule has 0 aromatic carbocycles. The maximum Gasteiger partial charge on any atom is 0.147 e. The van der Waals surface area contributed by atoms with Gasteiger partial charge in [0.1, 0.15) is 9.84 Å². The standard InChI is InChI=1S/C6H12O2S/c1-3-4-5-6-9(2,7)8/h3-4H,5-6H2,1-2H3. The molecule has 0 spiro atoms. The van der Waals surface area contributed by atoms with Gasteiger partial charge in [-0.25, -0.2) is 8.42 Å². The summed E-state index contributed by atoms with van der Waals surface area (Å²) in [4.78, 5) is 0. The first-order valence-corrected chi connectivity index (χ1v) is 4.91. The molecule has 0 radical (unpaired) electrons. The van der Waals surface area contributed by atoms with Crippen molar-refractivity contribution in [1.29, 1.82) is 0 Å². The van der Waals surface area contributed by atoms with Gasteiger partial charge in [0.15, 0.2) is 0 Å². The van der Waals surface area contributed by atoms with Crippen LogP contribution in [0.2, 0.25) is 0 Å². The first kappa shape index (κ1) is 8.69. The Morgan fingerprint density at radius 1 is 1.44 bits per heavy atom. The molecule has 0 amide bonds. The van der Waals surface area contributed by atoms with Crippen molar-refractivity contribution in [3.63, 3.8) is 0 Å². The Morgan fingerprint density at radius 2 is 2.00 bits per heavy atom. The maximum absolute atomic E-state index is 10.5. The third kappa shape index (κ3) is 7.69. The zero-order chi connectivity index (χ0) is 7.33. The van der Waals surface area contributed by atoms with Crippen molar-refractivity contribution in [2.45, 2.75) is 13.3 Å². The van der Waals surface area contributed by atoms with E-state index in [0.717, 1.165) is 0 Å². The summed E-state index contributed by atoms with van der Waals surface area (Å²) in [7, 11) is -2.75. The number of sulfone groups is 1. The monoisotopic (exact) mass is 148 g/mol.